The quantitative estimate of drug-likeness (QED) is 0.721. The monoisotopic (exact) mass is 352 g/mol. The Labute approximate surface area is 147 Å². The van der Waals surface area contributed by atoms with Crippen molar-refractivity contribution in [1.29, 1.82) is 0 Å². The zero-order valence-electron chi connectivity index (χ0n) is 13.0. The van der Waals surface area contributed by atoms with Crippen LogP contribution in [0.2, 0.25) is 0 Å². The van der Waals surface area contributed by atoms with Gasteiger partial charge in [0.25, 0.3) is 5.24 Å². The predicted octanol–water partition coefficient (Wildman–Crippen LogP) is 4.15. The molecule has 4 rings (SSSR count). The SMILES string of the molecule is O=C1NC(=Cc2cccc3c2ccn3Cc2ccccc2F)C(=O)S1. The molecular weight excluding hydrogens is 339 g/mol. The lowest BCUT2D eigenvalue weighted by Crippen LogP contribution is -2.10. The molecule has 4 nitrogen and oxygen atoms in total. The van der Waals surface area contributed by atoms with Gasteiger partial charge in [0.1, 0.15) is 5.82 Å². The van der Waals surface area contributed by atoms with Crippen molar-refractivity contribution in [1.82, 2.24) is 9.88 Å². The molecule has 25 heavy (non-hydrogen) atoms. The molecule has 6 heteroatoms. The van der Waals surface area contributed by atoms with E-state index < -0.39 is 0 Å². The van der Waals surface area contributed by atoms with Gasteiger partial charge in [-0.1, -0.05) is 30.3 Å². The van der Waals surface area contributed by atoms with Crippen LogP contribution in [0.5, 0.6) is 0 Å². The predicted molar refractivity (Wildman–Crippen MR) is 96.5 cm³/mol. The molecule has 1 fully saturated rings. The van der Waals surface area contributed by atoms with Crippen LogP contribution in [0.25, 0.3) is 17.0 Å². The van der Waals surface area contributed by atoms with Crippen LogP contribution in [0.1, 0.15) is 11.1 Å². The third-order valence-corrected chi connectivity index (χ3v) is 4.78. The number of rotatable bonds is 3. The molecule has 0 unspecified atom stereocenters. The summed E-state index contributed by atoms with van der Waals surface area (Å²) in [6.07, 6.45) is 3.57. The minimum absolute atomic E-state index is 0.237. The summed E-state index contributed by atoms with van der Waals surface area (Å²) in [5, 5.41) is 2.84. The van der Waals surface area contributed by atoms with E-state index in [1.807, 2.05) is 41.1 Å². The summed E-state index contributed by atoms with van der Waals surface area (Å²) in [5.41, 5.74) is 2.65. The highest BCUT2D eigenvalue weighted by Gasteiger charge is 2.25. The summed E-state index contributed by atoms with van der Waals surface area (Å²) in [6.45, 7) is 0.418. The number of nitrogens with one attached hydrogen (secondary N) is 1. The largest absolute Gasteiger partial charge is 0.343 e. The summed E-state index contributed by atoms with van der Waals surface area (Å²) >= 11 is 0.658. The van der Waals surface area contributed by atoms with Crippen LogP contribution < -0.4 is 5.32 Å². The Bertz CT molecular complexity index is 1040. The first-order valence-corrected chi connectivity index (χ1v) is 8.49. The third-order valence-electron chi connectivity index (χ3n) is 4.09. The van der Waals surface area contributed by atoms with Crippen molar-refractivity contribution in [2.24, 2.45) is 0 Å². The number of carbonyl (C=O) groups excluding carboxylic acids is 2. The van der Waals surface area contributed by atoms with Crippen LogP contribution in [0.3, 0.4) is 0 Å². The van der Waals surface area contributed by atoms with E-state index in [4.69, 9.17) is 0 Å². The van der Waals surface area contributed by atoms with Crippen LogP contribution in [-0.2, 0) is 11.3 Å². The molecular formula is C19H13FN2O2S. The van der Waals surface area contributed by atoms with Crippen LogP contribution >= 0.6 is 11.8 Å². The molecule has 1 N–H and O–H groups in total. The van der Waals surface area contributed by atoms with Crippen LogP contribution in [-0.4, -0.2) is 14.9 Å². The number of hydrogen-bond donors (Lipinski definition) is 1. The number of thioether (sulfide) groups is 1. The highest BCUT2D eigenvalue weighted by Crippen LogP contribution is 2.26. The number of hydrogen-bond acceptors (Lipinski definition) is 3. The van der Waals surface area contributed by atoms with E-state index in [0.717, 1.165) is 16.5 Å². The fourth-order valence-corrected chi connectivity index (χ4v) is 3.45. The van der Waals surface area contributed by atoms with Crippen LogP contribution in [0.15, 0.2) is 60.4 Å². The van der Waals surface area contributed by atoms with Crippen LogP contribution in [0.4, 0.5) is 9.18 Å². The Morgan fingerprint density at radius 2 is 1.92 bits per heavy atom. The lowest BCUT2D eigenvalue weighted by Gasteiger charge is -2.07. The average Bonchev–Trinajstić information content (AvgIpc) is 3.14. The summed E-state index contributed by atoms with van der Waals surface area (Å²) < 4.78 is 15.9. The maximum absolute atomic E-state index is 13.9. The Hall–Kier alpha value is -2.86. The van der Waals surface area contributed by atoms with Gasteiger partial charge in [0.2, 0.25) is 5.12 Å². The van der Waals surface area contributed by atoms with Crippen molar-refractivity contribution in [3.05, 3.63) is 77.4 Å². The highest BCUT2D eigenvalue weighted by atomic mass is 32.2. The molecule has 1 aromatic heterocycles. The molecule has 1 amide bonds. The van der Waals surface area contributed by atoms with Crippen molar-refractivity contribution < 1.29 is 14.0 Å². The lowest BCUT2D eigenvalue weighted by atomic mass is 10.1. The van der Waals surface area contributed by atoms with E-state index in [1.165, 1.54) is 6.07 Å². The van der Waals surface area contributed by atoms with E-state index in [1.54, 1.807) is 18.2 Å². The van der Waals surface area contributed by atoms with E-state index in [2.05, 4.69) is 5.32 Å². The van der Waals surface area contributed by atoms with Gasteiger partial charge in [-0.05, 0) is 29.8 Å². The first-order chi connectivity index (χ1) is 12.1. The number of carbonyl (C=O) groups is 2. The maximum atomic E-state index is 13.9. The smallest absolute Gasteiger partial charge is 0.291 e. The van der Waals surface area contributed by atoms with E-state index in [9.17, 15) is 14.0 Å². The molecule has 0 aliphatic carbocycles. The number of amides is 1. The summed E-state index contributed by atoms with van der Waals surface area (Å²) in [7, 11) is 0. The Balaban J connectivity index is 1.74. The fourth-order valence-electron chi connectivity index (χ4n) is 2.90. The first-order valence-electron chi connectivity index (χ1n) is 7.68. The molecule has 3 aromatic rings. The van der Waals surface area contributed by atoms with Gasteiger partial charge in [-0.15, -0.1) is 0 Å². The second-order valence-corrected chi connectivity index (χ2v) is 6.62. The molecule has 2 aromatic carbocycles. The van der Waals surface area contributed by atoms with Crippen LogP contribution in [0, 0.1) is 5.82 Å². The van der Waals surface area contributed by atoms with Gasteiger partial charge in [-0.2, -0.15) is 0 Å². The maximum Gasteiger partial charge on any atom is 0.291 e. The number of nitrogens with zero attached hydrogens (tertiary/aromatic N) is 1. The number of benzene rings is 2. The van der Waals surface area contributed by atoms with E-state index >= 15 is 0 Å². The molecule has 1 saturated heterocycles. The molecule has 0 saturated carbocycles. The Morgan fingerprint density at radius 3 is 2.68 bits per heavy atom. The second-order valence-electron chi connectivity index (χ2n) is 5.68. The Morgan fingerprint density at radius 1 is 1.08 bits per heavy atom. The van der Waals surface area contributed by atoms with Gasteiger partial charge >= 0.3 is 0 Å². The molecule has 124 valence electrons. The molecule has 0 spiro atoms. The normalized spacial score (nSPS) is 16.0. The third kappa shape index (κ3) is 2.96. The zero-order valence-corrected chi connectivity index (χ0v) is 13.8. The molecule has 0 bridgehead atoms. The number of fused-ring (bicyclic) bond motifs is 1. The average molecular weight is 352 g/mol. The highest BCUT2D eigenvalue weighted by molar-refractivity contribution is 8.27. The number of halogens is 1. The van der Waals surface area contributed by atoms with Gasteiger partial charge in [0, 0.05) is 34.4 Å². The molecule has 0 atom stereocenters. The first kappa shape index (κ1) is 15.7. The standard InChI is InChI=1S/C19H13FN2O2S/c20-15-6-2-1-4-13(15)11-22-9-8-14-12(5-3-7-17(14)22)10-16-18(23)25-19(24)21-16/h1-10H,11H2,(H,21,24). The molecule has 0 radical (unpaired) electrons. The minimum Gasteiger partial charge on any atom is -0.343 e. The minimum atomic E-state index is -0.361. The van der Waals surface area contributed by atoms with Crippen molar-refractivity contribution in [3.63, 3.8) is 0 Å². The topological polar surface area (TPSA) is 51.1 Å². The van der Waals surface area contributed by atoms with Crippen molar-refractivity contribution in [3.8, 4) is 0 Å². The Kier molecular flexibility index (Phi) is 3.89. The van der Waals surface area contributed by atoms with Crippen molar-refractivity contribution in [2.75, 3.05) is 0 Å². The molecule has 1 aliphatic rings. The second kappa shape index (κ2) is 6.22. The van der Waals surface area contributed by atoms with Crippen molar-refractivity contribution >= 4 is 39.1 Å². The number of aromatic nitrogens is 1. The van der Waals surface area contributed by atoms with Gasteiger partial charge < -0.3 is 9.88 Å². The summed E-state index contributed by atoms with van der Waals surface area (Å²) in [5.74, 6) is -0.237. The van der Waals surface area contributed by atoms with E-state index in [-0.39, 0.29) is 21.9 Å². The van der Waals surface area contributed by atoms with Gasteiger partial charge in [0.15, 0.2) is 0 Å². The van der Waals surface area contributed by atoms with Gasteiger partial charge in [0.05, 0.1) is 12.2 Å². The summed E-state index contributed by atoms with van der Waals surface area (Å²) in [4.78, 5) is 23.1. The van der Waals surface area contributed by atoms with E-state index in [0.29, 0.717) is 23.9 Å². The van der Waals surface area contributed by atoms with Crippen molar-refractivity contribution in [2.45, 2.75) is 6.54 Å². The molecule has 1 aliphatic heterocycles. The zero-order chi connectivity index (χ0) is 17.4. The van der Waals surface area contributed by atoms with Gasteiger partial charge in [-0.3, -0.25) is 9.59 Å². The lowest BCUT2D eigenvalue weighted by molar-refractivity contribution is -0.107. The fraction of sp³-hybridized carbons (Fsp3) is 0.0526. The summed E-state index contributed by atoms with van der Waals surface area (Å²) in [6, 6.07) is 14.3. The van der Waals surface area contributed by atoms with Gasteiger partial charge in [-0.25, -0.2) is 4.39 Å². The molecule has 2 heterocycles.